The highest BCUT2D eigenvalue weighted by molar-refractivity contribution is 5.74. The Labute approximate surface area is 104 Å². The lowest BCUT2D eigenvalue weighted by molar-refractivity contribution is 0.170. The van der Waals surface area contributed by atoms with Crippen molar-refractivity contribution in [2.24, 2.45) is 0 Å². The first kappa shape index (κ1) is 14.3. The molecule has 1 saturated heterocycles. The van der Waals surface area contributed by atoms with Crippen LogP contribution in [-0.4, -0.2) is 55.9 Å². The van der Waals surface area contributed by atoms with Gasteiger partial charge in [-0.05, 0) is 27.2 Å². The Morgan fingerprint density at radius 2 is 2.18 bits per heavy atom. The molecule has 100 valence electrons. The van der Waals surface area contributed by atoms with Crippen LogP contribution in [0, 0.1) is 0 Å². The second-order valence-corrected chi connectivity index (χ2v) is 5.05. The summed E-state index contributed by atoms with van der Waals surface area (Å²) in [6.45, 7) is 8.85. The molecule has 2 N–H and O–H groups in total. The van der Waals surface area contributed by atoms with Gasteiger partial charge in [0.2, 0.25) is 0 Å². The van der Waals surface area contributed by atoms with Gasteiger partial charge in [0, 0.05) is 32.3 Å². The lowest BCUT2D eigenvalue weighted by Gasteiger charge is -2.21. The standard InChI is InChI=1S/C12H25N3O2/c1-9(2)15-6-5-11(7-15)14-12(16)13-10(3)8-17-4/h9-11H,5-8H2,1-4H3,(H2,13,14,16)/t10-,11-/m0/s1. The summed E-state index contributed by atoms with van der Waals surface area (Å²) >= 11 is 0. The van der Waals surface area contributed by atoms with Crippen LogP contribution in [0.4, 0.5) is 4.79 Å². The van der Waals surface area contributed by atoms with Crippen molar-refractivity contribution < 1.29 is 9.53 Å². The Bertz CT molecular complexity index is 246. The molecule has 0 saturated carbocycles. The zero-order valence-electron chi connectivity index (χ0n) is 11.3. The zero-order valence-corrected chi connectivity index (χ0v) is 11.3. The van der Waals surface area contributed by atoms with Crippen molar-refractivity contribution in [1.82, 2.24) is 15.5 Å². The van der Waals surface area contributed by atoms with E-state index in [1.165, 1.54) is 0 Å². The number of amides is 2. The van der Waals surface area contributed by atoms with Gasteiger partial charge >= 0.3 is 6.03 Å². The predicted octanol–water partition coefficient (Wildman–Crippen LogP) is 0.803. The molecule has 2 amide bonds. The van der Waals surface area contributed by atoms with Crippen molar-refractivity contribution >= 4 is 6.03 Å². The van der Waals surface area contributed by atoms with Crippen molar-refractivity contribution in [3.63, 3.8) is 0 Å². The molecule has 0 aliphatic carbocycles. The monoisotopic (exact) mass is 243 g/mol. The van der Waals surface area contributed by atoms with E-state index < -0.39 is 0 Å². The van der Waals surface area contributed by atoms with Gasteiger partial charge in [0.1, 0.15) is 0 Å². The van der Waals surface area contributed by atoms with E-state index in [4.69, 9.17) is 4.74 Å². The van der Waals surface area contributed by atoms with Crippen LogP contribution < -0.4 is 10.6 Å². The van der Waals surface area contributed by atoms with E-state index >= 15 is 0 Å². The average molecular weight is 243 g/mol. The highest BCUT2D eigenvalue weighted by Gasteiger charge is 2.25. The van der Waals surface area contributed by atoms with Crippen molar-refractivity contribution in [2.75, 3.05) is 26.8 Å². The Kier molecular flexibility index (Phi) is 5.71. The van der Waals surface area contributed by atoms with Crippen LogP contribution >= 0.6 is 0 Å². The number of likely N-dealkylation sites (tertiary alicyclic amines) is 1. The van der Waals surface area contributed by atoms with E-state index in [2.05, 4.69) is 29.4 Å². The van der Waals surface area contributed by atoms with Gasteiger partial charge in [-0.1, -0.05) is 0 Å². The molecule has 0 aromatic rings. The molecule has 0 aromatic heterocycles. The van der Waals surface area contributed by atoms with Crippen LogP contribution in [0.15, 0.2) is 0 Å². The Balaban J connectivity index is 2.24. The zero-order chi connectivity index (χ0) is 12.8. The Morgan fingerprint density at radius 3 is 2.71 bits per heavy atom. The fourth-order valence-electron chi connectivity index (χ4n) is 2.12. The molecular formula is C12H25N3O2. The third-order valence-electron chi connectivity index (χ3n) is 3.08. The number of nitrogens with zero attached hydrogens (tertiary/aromatic N) is 1. The lowest BCUT2D eigenvalue weighted by atomic mass is 10.3. The minimum atomic E-state index is -0.0924. The molecule has 0 unspecified atom stereocenters. The molecule has 0 aromatic carbocycles. The molecule has 0 radical (unpaired) electrons. The van der Waals surface area contributed by atoms with Crippen LogP contribution in [0.2, 0.25) is 0 Å². The third kappa shape index (κ3) is 4.91. The number of nitrogens with one attached hydrogen (secondary N) is 2. The number of hydrogen-bond acceptors (Lipinski definition) is 3. The van der Waals surface area contributed by atoms with E-state index in [1.54, 1.807) is 7.11 Å². The van der Waals surface area contributed by atoms with E-state index in [0.717, 1.165) is 19.5 Å². The Hall–Kier alpha value is -0.810. The van der Waals surface area contributed by atoms with Crippen molar-refractivity contribution in [3.8, 4) is 0 Å². The molecule has 5 nitrogen and oxygen atoms in total. The topological polar surface area (TPSA) is 53.6 Å². The molecule has 1 aliphatic heterocycles. The summed E-state index contributed by atoms with van der Waals surface area (Å²) in [5, 5.41) is 5.86. The quantitative estimate of drug-likeness (QED) is 0.751. The number of carbonyl (C=O) groups excluding carboxylic acids is 1. The molecular weight excluding hydrogens is 218 g/mol. The van der Waals surface area contributed by atoms with Gasteiger partial charge in [-0.15, -0.1) is 0 Å². The summed E-state index contributed by atoms with van der Waals surface area (Å²) in [6.07, 6.45) is 1.03. The second-order valence-electron chi connectivity index (χ2n) is 5.05. The fraction of sp³-hybridized carbons (Fsp3) is 0.917. The molecule has 1 rings (SSSR count). The highest BCUT2D eigenvalue weighted by Crippen LogP contribution is 2.11. The number of hydrogen-bond donors (Lipinski definition) is 2. The lowest BCUT2D eigenvalue weighted by Crippen LogP contribution is -2.47. The molecule has 0 spiro atoms. The maximum absolute atomic E-state index is 11.7. The average Bonchev–Trinajstić information content (AvgIpc) is 2.66. The molecule has 1 heterocycles. The van der Waals surface area contributed by atoms with Crippen LogP contribution in [0.1, 0.15) is 27.2 Å². The minimum Gasteiger partial charge on any atom is -0.383 e. The second kappa shape index (κ2) is 6.81. The summed E-state index contributed by atoms with van der Waals surface area (Å²) in [7, 11) is 1.63. The first-order valence-corrected chi connectivity index (χ1v) is 6.33. The van der Waals surface area contributed by atoms with Crippen LogP contribution in [0.3, 0.4) is 0 Å². The van der Waals surface area contributed by atoms with Crippen molar-refractivity contribution in [3.05, 3.63) is 0 Å². The summed E-state index contributed by atoms with van der Waals surface area (Å²) in [6, 6.07) is 0.775. The van der Waals surface area contributed by atoms with Gasteiger partial charge in [0.25, 0.3) is 0 Å². The van der Waals surface area contributed by atoms with Gasteiger partial charge in [-0.3, -0.25) is 4.90 Å². The number of urea groups is 1. The van der Waals surface area contributed by atoms with Crippen LogP contribution in [0.25, 0.3) is 0 Å². The summed E-state index contributed by atoms with van der Waals surface area (Å²) in [4.78, 5) is 14.0. The minimum absolute atomic E-state index is 0.0441. The largest absolute Gasteiger partial charge is 0.383 e. The summed E-state index contributed by atoms with van der Waals surface area (Å²) in [5.41, 5.74) is 0. The van der Waals surface area contributed by atoms with Crippen molar-refractivity contribution in [1.29, 1.82) is 0 Å². The van der Waals surface area contributed by atoms with Gasteiger partial charge in [0.15, 0.2) is 0 Å². The van der Waals surface area contributed by atoms with Gasteiger partial charge in [0.05, 0.1) is 12.6 Å². The van der Waals surface area contributed by atoms with Gasteiger partial charge in [-0.2, -0.15) is 0 Å². The van der Waals surface area contributed by atoms with Crippen molar-refractivity contribution in [2.45, 2.75) is 45.3 Å². The van der Waals surface area contributed by atoms with Crippen LogP contribution in [0.5, 0.6) is 0 Å². The highest BCUT2D eigenvalue weighted by atomic mass is 16.5. The van der Waals surface area contributed by atoms with E-state index in [1.807, 2.05) is 6.92 Å². The van der Waals surface area contributed by atoms with E-state index in [9.17, 15) is 4.79 Å². The number of methoxy groups -OCH3 is 1. The molecule has 2 atom stereocenters. The number of ether oxygens (including phenoxy) is 1. The number of carbonyl (C=O) groups is 1. The molecule has 17 heavy (non-hydrogen) atoms. The summed E-state index contributed by atoms with van der Waals surface area (Å²) in [5.74, 6) is 0. The summed E-state index contributed by atoms with van der Waals surface area (Å²) < 4.78 is 4.97. The first-order chi connectivity index (χ1) is 8.02. The van der Waals surface area contributed by atoms with E-state index in [0.29, 0.717) is 12.6 Å². The maximum Gasteiger partial charge on any atom is 0.315 e. The SMILES string of the molecule is COC[C@H](C)NC(=O)N[C@H]1CCN(C(C)C)C1. The van der Waals surface area contributed by atoms with E-state index in [-0.39, 0.29) is 18.1 Å². The first-order valence-electron chi connectivity index (χ1n) is 6.33. The molecule has 5 heteroatoms. The smallest absolute Gasteiger partial charge is 0.315 e. The third-order valence-corrected chi connectivity index (χ3v) is 3.08. The predicted molar refractivity (Wildman–Crippen MR) is 68.1 cm³/mol. The molecule has 1 aliphatic rings. The maximum atomic E-state index is 11.7. The Morgan fingerprint density at radius 1 is 1.47 bits per heavy atom. The molecule has 0 bridgehead atoms. The number of rotatable bonds is 5. The fourth-order valence-corrected chi connectivity index (χ4v) is 2.12. The molecule has 1 fully saturated rings. The van der Waals surface area contributed by atoms with Gasteiger partial charge in [-0.25, -0.2) is 4.79 Å². The van der Waals surface area contributed by atoms with Gasteiger partial charge < -0.3 is 15.4 Å². The normalized spacial score (nSPS) is 22.8. The van der Waals surface area contributed by atoms with Crippen LogP contribution in [-0.2, 0) is 4.74 Å².